The average Bonchev–Trinajstić information content (AvgIpc) is 2.41. The monoisotopic (exact) mass is 272 g/mol. The largest absolute Gasteiger partial charge is 0.490 e. The highest BCUT2D eigenvalue weighted by Gasteiger charge is 2.44. The third-order valence-corrected chi connectivity index (χ3v) is 4.34. The van der Waals surface area contributed by atoms with Crippen molar-refractivity contribution in [3.8, 4) is 0 Å². The van der Waals surface area contributed by atoms with E-state index in [0.717, 1.165) is 29.5 Å². The van der Waals surface area contributed by atoms with Crippen molar-refractivity contribution in [1.82, 2.24) is 0 Å². The summed E-state index contributed by atoms with van der Waals surface area (Å²) in [6.45, 7) is 6.31. The van der Waals surface area contributed by atoms with Gasteiger partial charge in [-0.1, -0.05) is 29.8 Å². The van der Waals surface area contributed by atoms with Crippen LogP contribution in [0.25, 0.3) is 0 Å². The molecular weight excluding hydrogens is 256 g/mol. The van der Waals surface area contributed by atoms with Crippen molar-refractivity contribution in [2.45, 2.75) is 45.6 Å². The van der Waals surface area contributed by atoms with Crippen molar-refractivity contribution in [3.05, 3.63) is 11.3 Å². The third kappa shape index (κ3) is 1.99. The van der Waals surface area contributed by atoms with Gasteiger partial charge in [-0.3, -0.25) is 4.79 Å². The van der Waals surface area contributed by atoms with Crippen LogP contribution >= 0.6 is 15.9 Å². The molecule has 3 heteroatoms. The second-order valence-electron chi connectivity index (χ2n) is 5.71. The van der Waals surface area contributed by atoms with Crippen LogP contribution in [-0.2, 0) is 9.53 Å². The summed E-state index contributed by atoms with van der Waals surface area (Å²) in [5.74, 6) is 1.23. The molecule has 0 N–H and O–H groups in total. The summed E-state index contributed by atoms with van der Waals surface area (Å²) in [7, 11) is 0. The van der Waals surface area contributed by atoms with E-state index >= 15 is 0 Å². The fourth-order valence-electron chi connectivity index (χ4n) is 2.38. The zero-order valence-electron chi connectivity index (χ0n) is 9.52. The van der Waals surface area contributed by atoms with Gasteiger partial charge in [-0.15, -0.1) is 0 Å². The molecule has 1 atom stereocenters. The topological polar surface area (TPSA) is 26.3 Å². The van der Waals surface area contributed by atoms with Gasteiger partial charge in [0.25, 0.3) is 0 Å². The minimum Gasteiger partial charge on any atom is -0.490 e. The maximum atomic E-state index is 11.9. The number of ketones is 1. The van der Waals surface area contributed by atoms with Crippen LogP contribution in [0.5, 0.6) is 0 Å². The highest BCUT2D eigenvalue weighted by atomic mass is 79.9. The third-order valence-electron chi connectivity index (χ3n) is 3.15. The van der Waals surface area contributed by atoms with Crippen LogP contribution in [0.3, 0.4) is 0 Å². The van der Waals surface area contributed by atoms with Crippen molar-refractivity contribution in [2.24, 2.45) is 5.41 Å². The Morgan fingerprint density at radius 1 is 1.27 bits per heavy atom. The lowest BCUT2D eigenvalue weighted by Crippen LogP contribution is -2.26. The molecule has 0 aromatic heterocycles. The van der Waals surface area contributed by atoms with E-state index in [1.54, 1.807) is 0 Å². The van der Waals surface area contributed by atoms with Gasteiger partial charge < -0.3 is 4.74 Å². The molecule has 1 aliphatic heterocycles. The number of carbonyl (C=O) groups excluding carboxylic acids is 1. The minimum absolute atomic E-state index is 0.0630. The molecule has 0 fully saturated rings. The summed E-state index contributed by atoms with van der Waals surface area (Å²) < 4.78 is 5.92. The molecule has 0 amide bonds. The summed E-state index contributed by atoms with van der Waals surface area (Å²) in [6, 6.07) is 0. The number of hydrogen-bond donors (Lipinski definition) is 0. The van der Waals surface area contributed by atoms with Crippen LogP contribution in [0.2, 0.25) is 0 Å². The first-order chi connectivity index (χ1) is 6.85. The molecule has 2 rings (SSSR count). The first-order valence-electron chi connectivity index (χ1n) is 5.35. The van der Waals surface area contributed by atoms with Gasteiger partial charge in [0, 0.05) is 30.2 Å². The average molecular weight is 273 g/mol. The summed E-state index contributed by atoms with van der Waals surface area (Å²) >= 11 is 3.45. The quantitative estimate of drug-likeness (QED) is 0.686. The number of hydrogen-bond acceptors (Lipinski definition) is 2. The predicted octanol–water partition coefficient (Wildman–Crippen LogP) is 3.20. The summed E-state index contributed by atoms with van der Waals surface area (Å²) in [6.07, 6.45) is 2.33. The second-order valence-corrected chi connectivity index (χ2v) is 6.27. The van der Waals surface area contributed by atoms with Gasteiger partial charge in [0.15, 0.2) is 5.78 Å². The SMILES string of the molecule is CC1(C)CC(=O)C2=C(C1)OC(C)(CBr)C2. The standard InChI is InChI=1S/C12H17BrO2/c1-11(2)5-9(14)8-4-12(3,7-13)15-10(8)6-11/h4-7H2,1-3H3. The second kappa shape index (κ2) is 3.34. The van der Waals surface area contributed by atoms with Gasteiger partial charge in [0.1, 0.15) is 11.4 Å². The van der Waals surface area contributed by atoms with Crippen molar-refractivity contribution in [2.75, 3.05) is 5.33 Å². The molecule has 0 saturated carbocycles. The minimum atomic E-state index is -0.208. The predicted molar refractivity (Wildman–Crippen MR) is 62.9 cm³/mol. The van der Waals surface area contributed by atoms with E-state index < -0.39 is 0 Å². The fraction of sp³-hybridized carbons (Fsp3) is 0.750. The number of carbonyl (C=O) groups is 1. The van der Waals surface area contributed by atoms with Gasteiger partial charge >= 0.3 is 0 Å². The number of halogens is 1. The lowest BCUT2D eigenvalue weighted by Gasteiger charge is -2.29. The lowest BCUT2D eigenvalue weighted by molar-refractivity contribution is -0.118. The number of allylic oxidation sites excluding steroid dienone is 1. The molecule has 1 aliphatic carbocycles. The molecule has 1 heterocycles. The molecule has 2 nitrogen and oxygen atoms in total. The number of Topliss-reactive ketones (excluding diaryl/α,β-unsaturated/α-hetero) is 1. The first-order valence-corrected chi connectivity index (χ1v) is 6.48. The normalized spacial score (nSPS) is 34.0. The van der Waals surface area contributed by atoms with E-state index in [-0.39, 0.29) is 16.8 Å². The molecule has 0 aromatic carbocycles. The fourth-order valence-corrected chi connectivity index (χ4v) is 2.69. The Hall–Kier alpha value is -0.310. The molecule has 0 spiro atoms. The van der Waals surface area contributed by atoms with E-state index in [1.165, 1.54) is 0 Å². The number of ether oxygens (including phenoxy) is 1. The number of rotatable bonds is 1. The molecule has 0 aromatic rings. The van der Waals surface area contributed by atoms with Gasteiger partial charge in [0.2, 0.25) is 0 Å². The Balaban J connectivity index is 2.26. The van der Waals surface area contributed by atoms with Crippen LogP contribution in [0.15, 0.2) is 11.3 Å². The number of alkyl halides is 1. The molecule has 0 saturated heterocycles. The summed E-state index contributed by atoms with van der Waals surface area (Å²) in [5.41, 5.74) is 0.796. The Bertz CT molecular complexity index is 344. The highest BCUT2D eigenvalue weighted by molar-refractivity contribution is 9.09. The van der Waals surface area contributed by atoms with Crippen LogP contribution in [0.4, 0.5) is 0 Å². The van der Waals surface area contributed by atoms with Crippen LogP contribution in [0.1, 0.15) is 40.0 Å². The molecular formula is C12H17BrO2. The maximum Gasteiger partial charge on any atom is 0.162 e. The Morgan fingerprint density at radius 2 is 1.93 bits per heavy atom. The van der Waals surface area contributed by atoms with E-state index in [0.29, 0.717) is 6.42 Å². The van der Waals surface area contributed by atoms with Gasteiger partial charge in [-0.05, 0) is 12.3 Å². The Labute approximate surface area is 99.2 Å². The zero-order chi connectivity index (χ0) is 11.3. The van der Waals surface area contributed by atoms with Gasteiger partial charge in [-0.2, -0.15) is 0 Å². The van der Waals surface area contributed by atoms with E-state index in [4.69, 9.17) is 4.74 Å². The molecule has 84 valence electrons. The molecule has 1 unspecified atom stereocenters. The summed E-state index contributed by atoms with van der Waals surface area (Å²) in [4.78, 5) is 11.9. The van der Waals surface area contributed by atoms with E-state index in [1.807, 2.05) is 0 Å². The van der Waals surface area contributed by atoms with Crippen LogP contribution < -0.4 is 0 Å². The van der Waals surface area contributed by atoms with E-state index in [9.17, 15) is 4.79 Å². The zero-order valence-corrected chi connectivity index (χ0v) is 11.1. The Kier molecular flexibility index (Phi) is 2.49. The molecule has 15 heavy (non-hydrogen) atoms. The summed E-state index contributed by atoms with van der Waals surface area (Å²) in [5, 5.41) is 0.778. The highest BCUT2D eigenvalue weighted by Crippen LogP contribution is 2.46. The van der Waals surface area contributed by atoms with Crippen molar-refractivity contribution >= 4 is 21.7 Å². The first kappa shape index (κ1) is 11.2. The Morgan fingerprint density at radius 3 is 2.53 bits per heavy atom. The van der Waals surface area contributed by atoms with Crippen molar-refractivity contribution in [3.63, 3.8) is 0 Å². The maximum absolute atomic E-state index is 11.9. The van der Waals surface area contributed by atoms with Gasteiger partial charge in [0.05, 0.1) is 0 Å². The molecule has 2 aliphatic rings. The smallest absolute Gasteiger partial charge is 0.162 e. The molecule has 0 bridgehead atoms. The van der Waals surface area contributed by atoms with Crippen LogP contribution in [-0.4, -0.2) is 16.7 Å². The molecule has 0 radical (unpaired) electrons. The van der Waals surface area contributed by atoms with E-state index in [2.05, 4.69) is 36.7 Å². The van der Waals surface area contributed by atoms with Crippen molar-refractivity contribution in [1.29, 1.82) is 0 Å². The van der Waals surface area contributed by atoms with Crippen molar-refractivity contribution < 1.29 is 9.53 Å². The van der Waals surface area contributed by atoms with Crippen LogP contribution in [0, 0.1) is 5.41 Å². The van der Waals surface area contributed by atoms with Gasteiger partial charge in [-0.25, -0.2) is 0 Å². The lowest BCUT2D eigenvalue weighted by atomic mass is 9.76.